The molecular formula is C24H32N6O. The Morgan fingerprint density at radius 2 is 2.00 bits per heavy atom. The maximum Gasteiger partial charge on any atom is 0.245 e. The number of rotatable bonds is 8. The Labute approximate surface area is 184 Å². The van der Waals surface area contributed by atoms with Gasteiger partial charge in [-0.3, -0.25) is 10.2 Å². The van der Waals surface area contributed by atoms with E-state index in [0.717, 1.165) is 37.8 Å². The van der Waals surface area contributed by atoms with Crippen molar-refractivity contribution in [1.82, 2.24) is 14.9 Å². The van der Waals surface area contributed by atoms with Gasteiger partial charge in [-0.05, 0) is 60.9 Å². The smallest absolute Gasteiger partial charge is 0.245 e. The summed E-state index contributed by atoms with van der Waals surface area (Å²) in [6.07, 6.45) is 6.59. The second-order valence-corrected chi connectivity index (χ2v) is 7.98. The summed E-state index contributed by atoms with van der Waals surface area (Å²) >= 11 is 0. The molecule has 2 aromatic rings. The number of anilines is 2. The number of aromatic nitrogens is 2. The van der Waals surface area contributed by atoms with Crippen molar-refractivity contribution in [1.29, 1.82) is 5.41 Å². The van der Waals surface area contributed by atoms with Crippen LogP contribution < -0.4 is 11.1 Å². The van der Waals surface area contributed by atoms with E-state index in [9.17, 15) is 4.79 Å². The van der Waals surface area contributed by atoms with Crippen molar-refractivity contribution in [3.05, 3.63) is 59.4 Å². The monoisotopic (exact) mass is 420 g/mol. The van der Waals surface area contributed by atoms with Gasteiger partial charge in [-0.15, -0.1) is 0 Å². The summed E-state index contributed by atoms with van der Waals surface area (Å²) < 4.78 is 0. The third-order valence-corrected chi connectivity index (χ3v) is 5.85. The van der Waals surface area contributed by atoms with Gasteiger partial charge in [-0.25, -0.2) is 9.97 Å². The lowest BCUT2D eigenvalue weighted by molar-refractivity contribution is -0.127. The summed E-state index contributed by atoms with van der Waals surface area (Å²) in [5.41, 5.74) is 10.2. The molecule has 164 valence electrons. The summed E-state index contributed by atoms with van der Waals surface area (Å²) in [6.45, 7) is 9.91. The van der Waals surface area contributed by atoms with E-state index >= 15 is 0 Å². The molecule has 4 N–H and O–H groups in total. The van der Waals surface area contributed by atoms with Crippen LogP contribution in [-0.2, 0) is 17.6 Å². The Bertz CT molecular complexity index is 948. The van der Waals surface area contributed by atoms with Gasteiger partial charge in [-0.1, -0.05) is 26.5 Å². The van der Waals surface area contributed by atoms with Crippen molar-refractivity contribution in [3.63, 3.8) is 0 Å². The highest BCUT2D eigenvalue weighted by Gasteiger charge is 2.23. The number of carbonyl (C=O) groups excluding carboxylic acids is 1. The number of nitrogen functional groups attached to an aromatic ring is 1. The fourth-order valence-electron chi connectivity index (χ4n) is 4.04. The summed E-state index contributed by atoms with van der Waals surface area (Å²) in [6, 6.07) is 6.26. The number of hydrogen-bond donors (Lipinski definition) is 3. The van der Waals surface area contributed by atoms with Gasteiger partial charge in [0.15, 0.2) is 0 Å². The predicted molar refractivity (Wildman–Crippen MR) is 126 cm³/mol. The van der Waals surface area contributed by atoms with Crippen LogP contribution in [0.2, 0.25) is 0 Å². The molecule has 2 heterocycles. The Morgan fingerprint density at radius 3 is 2.65 bits per heavy atom. The zero-order valence-corrected chi connectivity index (χ0v) is 18.4. The Hall–Kier alpha value is -3.22. The molecule has 1 saturated heterocycles. The molecule has 0 bridgehead atoms. The average Bonchev–Trinajstić information content (AvgIpc) is 2.81. The molecule has 1 aliphatic rings. The second-order valence-electron chi connectivity index (χ2n) is 7.98. The van der Waals surface area contributed by atoms with Crippen LogP contribution in [0.5, 0.6) is 0 Å². The summed E-state index contributed by atoms with van der Waals surface area (Å²) in [5.74, 6) is 1.12. The minimum Gasteiger partial charge on any atom is -0.383 e. The van der Waals surface area contributed by atoms with Crippen molar-refractivity contribution in [2.24, 2.45) is 5.92 Å². The van der Waals surface area contributed by atoms with Crippen LogP contribution in [-0.4, -0.2) is 46.1 Å². The minimum absolute atomic E-state index is 0.0269. The molecule has 1 atom stereocenters. The zero-order chi connectivity index (χ0) is 22.4. The van der Waals surface area contributed by atoms with Gasteiger partial charge in [0.1, 0.15) is 18.0 Å². The second kappa shape index (κ2) is 10.2. The first-order valence-electron chi connectivity index (χ1n) is 10.9. The highest BCUT2D eigenvalue weighted by atomic mass is 16.2. The fourth-order valence-corrected chi connectivity index (χ4v) is 4.04. The number of aryl methyl sites for hydroxylation is 2. The third kappa shape index (κ3) is 5.29. The lowest BCUT2D eigenvalue weighted by atomic mass is 9.96. The van der Waals surface area contributed by atoms with Gasteiger partial charge in [0, 0.05) is 25.2 Å². The van der Waals surface area contributed by atoms with E-state index in [1.807, 2.05) is 17.0 Å². The molecule has 7 nitrogen and oxygen atoms in total. The number of amides is 1. The van der Waals surface area contributed by atoms with Crippen LogP contribution in [0.25, 0.3) is 0 Å². The predicted octanol–water partition coefficient (Wildman–Crippen LogP) is 3.44. The number of carbonyl (C=O) groups is 1. The third-order valence-electron chi connectivity index (χ3n) is 5.85. The van der Waals surface area contributed by atoms with Crippen LogP contribution in [0.4, 0.5) is 11.6 Å². The molecule has 0 spiro atoms. The number of nitrogens with one attached hydrogen (secondary N) is 2. The fraction of sp³-hybridized carbons (Fsp3) is 0.417. The van der Waals surface area contributed by atoms with Gasteiger partial charge < -0.3 is 16.0 Å². The maximum absolute atomic E-state index is 12.0. The van der Waals surface area contributed by atoms with E-state index in [2.05, 4.69) is 41.8 Å². The van der Waals surface area contributed by atoms with Gasteiger partial charge in [0.2, 0.25) is 5.91 Å². The Balaban J connectivity index is 1.81. The van der Waals surface area contributed by atoms with E-state index in [1.165, 1.54) is 23.5 Å². The molecule has 3 rings (SSSR count). The molecule has 1 aliphatic heterocycles. The molecule has 1 unspecified atom stereocenters. The molecule has 0 saturated carbocycles. The van der Waals surface area contributed by atoms with Crippen LogP contribution in [0.3, 0.4) is 0 Å². The lowest BCUT2D eigenvalue weighted by Crippen LogP contribution is -2.41. The van der Waals surface area contributed by atoms with E-state index in [-0.39, 0.29) is 11.7 Å². The SMILES string of the molecule is C=CC(=O)N1CCCC(CNc2ncnc(N)c2C(=N)c2cc(CC)cc(CC)c2)C1. The molecule has 1 fully saturated rings. The molecule has 1 amide bonds. The number of piperidine rings is 1. The van der Waals surface area contributed by atoms with E-state index in [0.29, 0.717) is 36.1 Å². The van der Waals surface area contributed by atoms with E-state index in [1.54, 1.807) is 0 Å². The zero-order valence-electron chi connectivity index (χ0n) is 18.4. The van der Waals surface area contributed by atoms with Crippen molar-refractivity contribution < 1.29 is 4.79 Å². The van der Waals surface area contributed by atoms with E-state index in [4.69, 9.17) is 11.1 Å². The summed E-state index contributed by atoms with van der Waals surface area (Å²) in [7, 11) is 0. The largest absolute Gasteiger partial charge is 0.383 e. The highest BCUT2D eigenvalue weighted by Crippen LogP contribution is 2.25. The first-order valence-corrected chi connectivity index (χ1v) is 10.9. The van der Waals surface area contributed by atoms with Crippen molar-refractivity contribution in [2.75, 3.05) is 30.7 Å². The van der Waals surface area contributed by atoms with Gasteiger partial charge in [-0.2, -0.15) is 0 Å². The standard InChI is InChI=1S/C24H32N6O/c1-4-16-10-17(5-2)12-19(11-16)22(25)21-23(26)28-15-29-24(21)27-13-18-8-7-9-30(14-18)20(31)6-3/h6,10-12,15,18,25H,3-5,7-9,13-14H2,1-2H3,(H3,26,27,28,29). The van der Waals surface area contributed by atoms with Crippen LogP contribution >= 0.6 is 0 Å². The van der Waals surface area contributed by atoms with Crippen molar-refractivity contribution in [2.45, 2.75) is 39.5 Å². The quantitative estimate of drug-likeness (QED) is 0.448. The topological polar surface area (TPSA) is 108 Å². The number of nitrogens with two attached hydrogens (primary N) is 1. The first kappa shape index (κ1) is 22.5. The normalized spacial score (nSPS) is 16.1. The lowest BCUT2D eigenvalue weighted by Gasteiger charge is -2.32. The van der Waals surface area contributed by atoms with Crippen LogP contribution in [0.1, 0.15) is 48.9 Å². The molecule has 31 heavy (non-hydrogen) atoms. The maximum atomic E-state index is 12.0. The highest BCUT2D eigenvalue weighted by molar-refractivity contribution is 6.16. The number of benzene rings is 1. The number of nitrogens with zero attached hydrogens (tertiary/aromatic N) is 3. The molecule has 0 radical (unpaired) electrons. The van der Waals surface area contributed by atoms with E-state index < -0.39 is 0 Å². The summed E-state index contributed by atoms with van der Waals surface area (Å²) in [4.78, 5) is 22.3. The van der Waals surface area contributed by atoms with Gasteiger partial charge >= 0.3 is 0 Å². The van der Waals surface area contributed by atoms with Crippen LogP contribution in [0.15, 0.2) is 37.2 Å². The number of hydrogen-bond acceptors (Lipinski definition) is 6. The summed E-state index contributed by atoms with van der Waals surface area (Å²) in [5, 5.41) is 12.2. The molecule has 1 aromatic heterocycles. The minimum atomic E-state index is -0.0269. The van der Waals surface area contributed by atoms with Crippen molar-refractivity contribution in [3.8, 4) is 0 Å². The van der Waals surface area contributed by atoms with Crippen molar-refractivity contribution >= 4 is 23.3 Å². The first-order chi connectivity index (χ1) is 15.0. The molecule has 1 aromatic carbocycles. The average molecular weight is 421 g/mol. The molecule has 0 aliphatic carbocycles. The Morgan fingerprint density at radius 1 is 1.29 bits per heavy atom. The number of likely N-dealkylation sites (tertiary alicyclic amines) is 1. The van der Waals surface area contributed by atoms with Gasteiger partial charge in [0.25, 0.3) is 0 Å². The van der Waals surface area contributed by atoms with Crippen LogP contribution in [0, 0.1) is 11.3 Å². The molecular weight excluding hydrogens is 388 g/mol. The molecule has 7 heteroatoms. The Kier molecular flexibility index (Phi) is 7.39. The van der Waals surface area contributed by atoms with Gasteiger partial charge in [0.05, 0.1) is 11.3 Å².